The zero-order valence-corrected chi connectivity index (χ0v) is 11.6. The van der Waals surface area contributed by atoms with Crippen molar-refractivity contribution < 1.29 is 14.7 Å². The molecule has 5 heteroatoms. The van der Waals surface area contributed by atoms with E-state index >= 15 is 0 Å². The number of aliphatic hydroxyl groups excluding tert-OH is 1. The van der Waals surface area contributed by atoms with Crippen LogP contribution in [-0.4, -0.2) is 41.0 Å². The van der Waals surface area contributed by atoms with Gasteiger partial charge in [-0.3, -0.25) is 9.59 Å². The Morgan fingerprint density at radius 2 is 2.25 bits per heavy atom. The SMILES string of the molecule is CCC(=O)Nc1cccc(C(=O)N2CCC[C@H]2CO)c1. The second-order valence-corrected chi connectivity index (χ2v) is 4.96. The normalized spacial score (nSPS) is 18.1. The third-order valence-electron chi connectivity index (χ3n) is 3.56. The molecule has 0 radical (unpaired) electrons. The van der Waals surface area contributed by atoms with Crippen molar-refractivity contribution in [1.82, 2.24) is 4.90 Å². The maximum absolute atomic E-state index is 12.4. The highest BCUT2D eigenvalue weighted by Gasteiger charge is 2.28. The lowest BCUT2D eigenvalue weighted by Crippen LogP contribution is -2.37. The Labute approximate surface area is 118 Å². The fourth-order valence-corrected chi connectivity index (χ4v) is 2.44. The Morgan fingerprint density at radius 3 is 2.95 bits per heavy atom. The fraction of sp³-hybridized carbons (Fsp3) is 0.467. The van der Waals surface area contributed by atoms with Gasteiger partial charge in [0.25, 0.3) is 5.91 Å². The summed E-state index contributed by atoms with van der Waals surface area (Å²) in [7, 11) is 0. The first-order valence-electron chi connectivity index (χ1n) is 6.97. The number of nitrogens with one attached hydrogen (secondary N) is 1. The summed E-state index contributed by atoms with van der Waals surface area (Å²) in [5, 5.41) is 12.0. The van der Waals surface area contributed by atoms with Crippen LogP contribution in [0.2, 0.25) is 0 Å². The Morgan fingerprint density at radius 1 is 1.45 bits per heavy atom. The number of carbonyl (C=O) groups excluding carboxylic acids is 2. The summed E-state index contributed by atoms with van der Waals surface area (Å²) in [5.41, 5.74) is 1.17. The molecule has 1 atom stereocenters. The first-order valence-corrected chi connectivity index (χ1v) is 6.97. The van der Waals surface area contributed by atoms with E-state index in [9.17, 15) is 14.7 Å². The van der Waals surface area contributed by atoms with Crippen molar-refractivity contribution >= 4 is 17.5 Å². The second kappa shape index (κ2) is 6.52. The molecule has 108 valence electrons. The van der Waals surface area contributed by atoms with Gasteiger partial charge < -0.3 is 15.3 Å². The second-order valence-electron chi connectivity index (χ2n) is 4.96. The van der Waals surface area contributed by atoms with Gasteiger partial charge in [-0.1, -0.05) is 13.0 Å². The lowest BCUT2D eigenvalue weighted by molar-refractivity contribution is -0.115. The van der Waals surface area contributed by atoms with Gasteiger partial charge in [0.15, 0.2) is 0 Å². The highest BCUT2D eigenvalue weighted by Crippen LogP contribution is 2.21. The van der Waals surface area contributed by atoms with Crippen LogP contribution >= 0.6 is 0 Å². The molecule has 0 unspecified atom stereocenters. The van der Waals surface area contributed by atoms with Crippen molar-refractivity contribution in [3.63, 3.8) is 0 Å². The topological polar surface area (TPSA) is 69.6 Å². The van der Waals surface area contributed by atoms with E-state index in [2.05, 4.69) is 5.32 Å². The molecule has 1 aliphatic rings. The number of likely N-dealkylation sites (tertiary alicyclic amines) is 1. The molecule has 1 saturated heterocycles. The number of anilines is 1. The van der Waals surface area contributed by atoms with Crippen LogP contribution in [0.4, 0.5) is 5.69 Å². The number of carbonyl (C=O) groups is 2. The Bertz CT molecular complexity index is 502. The van der Waals surface area contributed by atoms with Crippen molar-refractivity contribution in [1.29, 1.82) is 0 Å². The van der Waals surface area contributed by atoms with Crippen LogP contribution in [0.25, 0.3) is 0 Å². The molecule has 0 aliphatic carbocycles. The molecule has 0 saturated carbocycles. The van der Waals surface area contributed by atoms with Gasteiger partial charge in [0, 0.05) is 24.2 Å². The minimum atomic E-state index is -0.0888. The number of hydrogen-bond donors (Lipinski definition) is 2. The molecule has 2 rings (SSSR count). The van der Waals surface area contributed by atoms with Crippen LogP contribution in [-0.2, 0) is 4.79 Å². The lowest BCUT2D eigenvalue weighted by Gasteiger charge is -2.23. The van der Waals surface area contributed by atoms with Crippen molar-refractivity contribution in [2.45, 2.75) is 32.2 Å². The average molecular weight is 276 g/mol. The lowest BCUT2D eigenvalue weighted by atomic mass is 10.1. The third kappa shape index (κ3) is 3.17. The van der Waals surface area contributed by atoms with Gasteiger partial charge in [0.2, 0.25) is 5.91 Å². The monoisotopic (exact) mass is 276 g/mol. The van der Waals surface area contributed by atoms with Crippen LogP contribution in [0, 0.1) is 0 Å². The van der Waals surface area contributed by atoms with Crippen LogP contribution < -0.4 is 5.32 Å². The van der Waals surface area contributed by atoms with Crippen LogP contribution in [0.15, 0.2) is 24.3 Å². The predicted molar refractivity (Wildman–Crippen MR) is 76.5 cm³/mol. The van der Waals surface area contributed by atoms with Crippen LogP contribution in [0.3, 0.4) is 0 Å². The molecule has 1 aliphatic heterocycles. The molecular formula is C15H20N2O3. The average Bonchev–Trinajstić information content (AvgIpc) is 2.95. The van der Waals surface area contributed by atoms with E-state index < -0.39 is 0 Å². The van der Waals surface area contributed by atoms with Crippen molar-refractivity contribution in [2.24, 2.45) is 0 Å². The number of amides is 2. The maximum atomic E-state index is 12.4. The minimum absolute atomic E-state index is 0.00198. The molecule has 2 N–H and O–H groups in total. The van der Waals surface area contributed by atoms with Gasteiger partial charge in [0.1, 0.15) is 0 Å². The molecule has 5 nitrogen and oxygen atoms in total. The van der Waals surface area contributed by atoms with Gasteiger partial charge in [-0.05, 0) is 31.0 Å². The van der Waals surface area contributed by atoms with Gasteiger partial charge in [-0.25, -0.2) is 0 Å². The van der Waals surface area contributed by atoms with E-state index in [0.29, 0.717) is 24.2 Å². The minimum Gasteiger partial charge on any atom is -0.394 e. The molecule has 1 heterocycles. The van der Waals surface area contributed by atoms with Gasteiger partial charge in [-0.2, -0.15) is 0 Å². The first kappa shape index (κ1) is 14.5. The Kier molecular flexibility index (Phi) is 4.74. The first-order chi connectivity index (χ1) is 9.65. The predicted octanol–water partition coefficient (Wildman–Crippen LogP) is 1.63. The van der Waals surface area contributed by atoms with Crippen LogP contribution in [0.1, 0.15) is 36.5 Å². The molecular weight excluding hydrogens is 256 g/mol. The summed E-state index contributed by atoms with van der Waals surface area (Å²) in [5.74, 6) is -0.168. The highest BCUT2D eigenvalue weighted by molar-refractivity contribution is 5.97. The zero-order valence-electron chi connectivity index (χ0n) is 11.6. The van der Waals surface area contributed by atoms with Gasteiger partial charge in [0.05, 0.1) is 12.6 Å². The van der Waals surface area contributed by atoms with E-state index in [1.807, 2.05) is 0 Å². The number of benzene rings is 1. The van der Waals surface area contributed by atoms with Crippen LogP contribution in [0.5, 0.6) is 0 Å². The van der Waals surface area contributed by atoms with Crippen molar-refractivity contribution in [2.75, 3.05) is 18.5 Å². The fourth-order valence-electron chi connectivity index (χ4n) is 2.44. The standard InChI is InChI=1S/C15H20N2O3/c1-2-14(19)16-12-6-3-5-11(9-12)15(20)17-8-4-7-13(17)10-18/h3,5-6,9,13,18H,2,4,7-8,10H2,1H3,(H,16,19)/t13-/m0/s1. The number of nitrogens with zero attached hydrogens (tertiary/aromatic N) is 1. The van der Waals surface area contributed by atoms with E-state index in [0.717, 1.165) is 12.8 Å². The van der Waals surface area contributed by atoms with E-state index in [-0.39, 0.29) is 24.5 Å². The molecule has 0 aromatic heterocycles. The summed E-state index contributed by atoms with van der Waals surface area (Å²) in [6.45, 7) is 2.45. The van der Waals surface area contributed by atoms with Gasteiger partial charge in [-0.15, -0.1) is 0 Å². The van der Waals surface area contributed by atoms with Crippen molar-refractivity contribution in [3.05, 3.63) is 29.8 Å². The molecule has 0 spiro atoms. The molecule has 1 aromatic carbocycles. The molecule has 0 bridgehead atoms. The molecule has 1 fully saturated rings. The molecule has 20 heavy (non-hydrogen) atoms. The zero-order chi connectivity index (χ0) is 14.5. The number of rotatable bonds is 4. The van der Waals surface area contributed by atoms with E-state index in [1.165, 1.54) is 0 Å². The highest BCUT2D eigenvalue weighted by atomic mass is 16.3. The molecule has 1 aromatic rings. The van der Waals surface area contributed by atoms with E-state index in [1.54, 1.807) is 36.1 Å². The quantitative estimate of drug-likeness (QED) is 0.878. The molecule has 2 amide bonds. The third-order valence-corrected chi connectivity index (χ3v) is 3.56. The summed E-state index contributed by atoms with van der Waals surface area (Å²) in [6.07, 6.45) is 2.16. The maximum Gasteiger partial charge on any atom is 0.254 e. The summed E-state index contributed by atoms with van der Waals surface area (Å²) in [4.78, 5) is 25.5. The Hall–Kier alpha value is -1.88. The van der Waals surface area contributed by atoms with Gasteiger partial charge >= 0.3 is 0 Å². The summed E-state index contributed by atoms with van der Waals surface area (Å²) < 4.78 is 0. The Balaban J connectivity index is 2.14. The number of hydrogen-bond acceptors (Lipinski definition) is 3. The summed E-state index contributed by atoms with van der Waals surface area (Å²) >= 11 is 0. The number of aliphatic hydroxyl groups is 1. The van der Waals surface area contributed by atoms with E-state index in [4.69, 9.17) is 0 Å². The summed E-state index contributed by atoms with van der Waals surface area (Å²) in [6, 6.07) is 6.84. The smallest absolute Gasteiger partial charge is 0.254 e. The van der Waals surface area contributed by atoms with Crippen molar-refractivity contribution in [3.8, 4) is 0 Å². The largest absolute Gasteiger partial charge is 0.394 e.